The Morgan fingerprint density at radius 3 is 2.35 bits per heavy atom. The molecule has 4 rings (SSSR count). The van der Waals surface area contributed by atoms with Gasteiger partial charge in [-0.2, -0.15) is 0 Å². The third kappa shape index (κ3) is 6.24. The normalized spacial score (nSPS) is 15.1. The van der Waals surface area contributed by atoms with Crippen LogP contribution >= 0.6 is 0 Å². The summed E-state index contributed by atoms with van der Waals surface area (Å²) in [7, 11) is -3.57. The number of nitrogens with zero attached hydrogens (tertiary/aromatic N) is 2. The molecule has 1 N–H and O–H groups in total. The van der Waals surface area contributed by atoms with Crippen LogP contribution in [-0.2, 0) is 24.3 Å². The first-order valence-corrected chi connectivity index (χ1v) is 13.9. The van der Waals surface area contributed by atoms with Crippen molar-refractivity contribution >= 4 is 44.7 Å². The van der Waals surface area contributed by atoms with E-state index in [1.807, 2.05) is 54.6 Å². The topological polar surface area (TPSA) is 105 Å². The molecule has 192 valence electrons. The molecule has 1 aliphatic rings. The standard InChI is InChI=1S/C28H29N3O5S/c1-3-36-25(32)14-9-19-31(37(2,34)35)22-17-15-21(16-18-22)29-27(20-10-5-4-6-11-20)26-23-12-7-8-13-24(23)30-28(26)33/h4-8,10-13,15-18,26H,3,9,14,19H2,1-2H3,(H,30,33). The Morgan fingerprint density at radius 1 is 1.00 bits per heavy atom. The fourth-order valence-corrected chi connectivity index (χ4v) is 5.27. The first-order chi connectivity index (χ1) is 17.8. The van der Waals surface area contributed by atoms with Crippen LogP contribution in [0.15, 0.2) is 83.9 Å². The average molecular weight is 520 g/mol. The van der Waals surface area contributed by atoms with Gasteiger partial charge in [-0.1, -0.05) is 48.5 Å². The molecular formula is C28H29N3O5S. The van der Waals surface area contributed by atoms with E-state index in [1.54, 1.807) is 31.2 Å². The first kappa shape index (κ1) is 26.1. The Hall–Kier alpha value is -3.98. The monoisotopic (exact) mass is 519 g/mol. The summed E-state index contributed by atoms with van der Waals surface area (Å²) in [5.74, 6) is -1.08. The van der Waals surface area contributed by atoms with Crippen LogP contribution in [0.2, 0.25) is 0 Å². The van der Waals surface area contributed by atoms with Crippen molar-refractivity contribution in [3.63, 3.8) is 0 Å². The number of hydrogen-bond donors (Lipinski definition) is 1. The molecule has 0 fully saturated rings. The highest BCUT2D eigenvalue weighted by molar-refractivity contribution is 7.92. The number of nitrogens with one attached hydrogen (secondary N) is 1. The van der Waals surface area contributed by atoms with Gasteiger partial charge >= 0.3 is 5.97 Å². The van der Waals surface area contributed by atoms with Gasteiger partial charge in [0.2, 0.25) is 15.9 Å². The number of fused-ring (bicyclic) bond motifs is 1. The number of ether oxygens (including phenoxy) is 1. The van der Waals surface area contributed by atoms with E-state index in [-0.39, 0.29) is 31.4 Å². The Kier molecular flexibility index (Phi) is 8.03. The molecule has 0 aliphatic carbocycles. The van der Waals surface area contributed by atoms with E-state index in [4.69, 9.17) is 9.73 Å². The minimum atomic E-state index is -3.57. The van der Waals surface area contributed by atoms with Crippen molar-refractivity contribution in [2.45, 2.75) is 25.7 Å². The van der Waals surface area contributed by atoms with Crippen molar-refractivity contribution in [1.29, 1.82) is 0 Å². The first-order valence-electron chi connectivity index (χ1n) is 12.0. The summed E-state index contributed by atoms with van der Waals surface area (Å²) in [6.45, 7) is 2.16. The van der Waals surface area contributed by atoms with Crippen molar-refractivity contribution in [2.24, 2.45) is 4.99 Å². The van der Waals surface area contributed by atoms with Gasteiger partial charge in [-0.15, -0.1) is 0 Å². The van der Waals surface area contributed by atoms with E-state index in [9.17, 15) is 18.0 Å². The molecular weight excluding hydrogens is 490 g/mol. The van der Waals surface area contributed by atoms with Gasteiger partial charge < -0.3 is 10.1 Å². The number of amides is 1. The maximum absolute atomic E-state index is 13.0. The number of carbonyl (C=O) groups is 2. The lowest BCUT2D eigenvalue weighted by atomic mass is 9.90. The van der Waals surface area contributed by atoms with Crippen molar-refractivity contribution in [1.82, 2.24) is 0 Å². The molecule has 9 heteroatoms. The average Bonchev–Trinajstić information content (AvgIpc) is 3.21. The van der Waals surface area contributed by atoms with Crippen LogP contribution in [0.25, 0.3) is 0 Å². The predicted molar refractivity (Wildman–Crippen MR) is 145 cm³/mol. The van der Waals surface area contributed by atoms with Crippen LogP contribution in [0.3, 0.4) is 0 Å². The van der Waals surface area contributed by atoms with E-state index >= 15 is 0 Å². The van der Waals surface area contributed by atoms with Crippen molar-refractivity contribution in [2.75, 3.05) is 29.0 Å². The number of carbonyl (C=O) groups excluding carboxylic acids is 2. The lowest BCUT2D eigenvalue weighted by molar-refractivity contribution is -0.143. The molecule has 1 unspecified atom stereocenters. The van der Waals surface area contributed by atoms with Crippen LogP contribution in [0.1, 0.15) is 36.8 Å². The largest absolute Gasteiger partial charge is 0.466 e. The Balaban J connectivity index is 1.64. The molecule has 1 amide bonds. The number of benzene rings is 3. The fourth-order valence-electron chi connectivity index (χ4n) is 4.30. The van der Waals surface area contributed by atoms with Gasteiger partial charge in [0.05, 0.1) is 29.9 Å². The molecule has 0 spiro atoms. The highest BCUT2D eigenvalue weighted by atomic mass is 32.2. The van der Waals surface area contributed by atoms with Gasteiger partial charge in [-0.3, -0.25) is 18.9 Å². The zero-order valence-electron chi connectivity index (χ0n) is 20.8. The van der Waals surface area contributed by atoms with Gasteiger partial charge in [0.15, 0.2) is 0 Å². The van der Waals surface area contributed by atoms with Gasteiger partial charge in [0, 0.05) is 18.7 Å². The molecule has 3 aromatic carbocycles. The highest BCUT2D eigenvalue weighted by Crippen LogP contribution is 2.36. The number of rotatable bonds is 10. The molecule has 1 heterocycles. The second-order valence-electron chi connectivity index (χ2n) is 8.63. The lowest BCUT2D eigenvalue weighted by Crippen LogP contribution is -2.31. The summed E-state index contributed by atoms with van der Waals surface area (Å²) >= 11 is 0. The van der Waals surface area contributed by atoms with E-state index in [2.05, 4.69) is 5.32 Å². The Morgan fingerprint density at radius 2 is 1.68 bits per heavy atom. The smallest absolute Gasteiger partial charge is 0.305 e. The maximum atomic E-state index is 13.0. The molecule has 37 heavy (non-hydrogen) atoms. The lowest BCUT2D eigenvalue weighted by Gasteiger charge is -2.22. The molecule has 8 nitrogen and oxygen atoms in total. The zero-order chi connectivity index (χ0) is 26.4. The minimum absolute atomic E-state index is 0.133. The molecule has 0 saturated heterocycles. The van der Waals surface area contributed by atoms with Crippen LogP contribution in [0.4, 0.5) is 17.1 Å². The summed E-state index contributed by atoms with van der Waals surface area (Å²) < 4.78 is 31.1. The Labute approximate surface area is 217 Å². The zero-order valence-corrected chi connectivity index (χ0v) is 21.6. The van der Waals surface area contributed by atoms with E-state index in [0.717, 1.165) is 23.1 Å². The summed E-state index contributed by atoms with van der Waals surface area (Å²) in [5, 5.41) is 2.93. The summed E-state index contributed by atoms with van der Waals surface area (Å²) in [6.07, 6.45) is 1.60. The van der Waals surface area contributed by atoms with Gasteiger partial charge in [0.25, 0.3) is 0 Å². The number of aliphatic imine (C=N–C) groups is 1. The Bertz CT molecular complexity index is 1400. The van der Waals surface area contributed by atoms with Gasteiger partial charge in [-0.25, -0.2) is 8.42 Å². The van der Waals surface area contributed by atoms with Crippen molar-refractivity contribution in [3.05, 3.63) is 90.0 Å². The number of para-hydroxylation sites is 1. The maximum Gasteiger partial charge on any atom is 0.305 e. The summed E-state index contributed by atoms with van der Waals surface area (Å²) in [6, 6.07) is 23.9. The predicted octanol–water partition coefficient (Wildman–Crippen LogP) is 4.65. The second-order valence-corrected chi connectivity index (χ2v) is 10.5. The second kappa shape index (κ2) is 11.4. The SMILES string of the molecule is CCOC(=O)CCCN(c1ccc(N=C(c2ccccc2)C2C(=O)Nc3ccccc32)cc1)S(C)(=O)=O. The molecule has 0 saturated carbocycles. The van der Waals surface area contributed by atoms with Crippen LogP contribution in [0.5, 0.6) is 0 Å². The van der Waals surface area contributed by atoms with Crippen molar-refractivity contribution in [3.8, 4) is 0 Å². The van der Waals surface area contributed by atoms with Crippen LogP contribution < -0.4 is 9.62 Å². The van der Waals surface area contributed by atoms with E-state index < -0.39 is 15.9 Å². The van der Waals surface area contributed by atoms with E-state index in [0.29, 0.717) is 23.5 Å². The third-order valence-corrected chi connectivity index (χ3v) is 7.16. The number of esters is 1. The van der Waals surface area contributed by atoms with Crippen molar-refractivity contribution < 1.29 is 22.7 Å². The minimum Gasteiger partial charge on any atom is -0.466 e. The third-order valence-electron chi connectivity index (χ3n) is 5.97. The summed E-state index contributed by atoms with van der Waals surface area (Å²) in [5.41, 5.74) is 4.10. The molecule has 0 radical (unpaired) electrons. The van der Waals surface area contributed by atoms with E-state index in [1.165, 1.54) is 4.31 Å². The fraction of sp³-hybridized carbons (Fsp3) is 0.250. The molecule has 0 bridgehead atoms. The van der Waals surface area contributed by atoms with Crippen LogP contribution in [-0.4, -0.2) is 45.4 Å². The number of sulfonamides is 1. The summed E-state index contributed by atoms with van der Waals surface area (Å²) in [4.78, 5) is 29.5. The molecule has 1 aliphatic heterocycles. The van der Waals surface area contributed by atoms with Crippen LogP contribution in [0, 0.1) is 0 Å². The molecule has 3 aromatic rings. The highest BCUT2D eigenvalue weighted by Gasteiger charge is 2.35. The molecule has 0 aromatic heterocycles. The number of hydrogen-bond acceptors (Lipinski definition) is 6. The van der Waals surface area contributed by atoms with Gasteiger partial charge in [0.1, 0.15) is 5.92 Å². The number of anilines is 2. The quantitative estimate of drug-likeness (QED) is 0.310. The molecule has 1 atom stereocenters. The van der Waals surface area contributed by atoms with Gasteiger partial charge in [-0.05, 0) is 54.8 Å².